The van der Waals surface area contributed by atoms with Crippen molar-refractivity contribution in [2.24, 2.45) is 0 Å². The first kappa shape index (κ1) is 19.4. The van der Waals surface area contributed by atoms with Crippen LogP contribution in [0.5, 0.6) is 0 Å². The molecule has 9 heteroatoms. The van der Waals surface area contributed by atoms with Crippen LogP contribution in [0.4, 0.5) is 0 Å². The minimum Gasteiger partial charge on any atom is -0.480 e. The van der Waals surface area contributed by atoms with Gasteiger partial charge < -0.3 is 9.84 Å². The van der Waals surface area contributed by atoms with Crippen LogP contribution in [0.15, 0.2) is 23.1 Å². The Kier molecular flexibility index (Phi) is 6.99. The largest absolute Gasteiger partial charge is 0.480 e. The SMILES string of the molecule is CCCC[C@H](NS(=O)(=O)c1ccc(C(=O)OC)c(Cl)c1)C(=O)O. The van der Waals surface area contributed by atoms with E-state index in [1.807, 2.05) is 6.92 Å². The summed E-state index contributed by atoms with van der Waals surface area (Å²) in [6.45, 7) is 1.87. The van der Waals surface area contributed by atoms with Crippen LogP contribution in [-0.4, -0.2) is 38.6 Å². The highest BCUT2D eigenvalue weighted by Crippen LogP contribution is 2.22. The number of carboxylic acids is 1. The minimum absolute atomic E-state index is 0.0221. The summed E-state index contributed by atoms with van der Waals surface area (Å²) >= 11 is 5.88. The standard InChI is InChI=1S/C14H18ClNO6S/c1-3-4-5-12(13(17)18)16-23(20,21)9-6-7-10(11(15)8-9)14(19)22-2/h6-8,12,16H,3-5H2,1-2H3,(H,17,18)/t12-/m0/s1. The number of benzene rings is 1. The van der Waals surface area contributed by atoms with E-state index in [9.17, 15) is 18.0 Å². The summed E-state index contributed by atoms with van der Waals surface area (Å²) in [7, 11) is -2.90. The lowest BCUT2D eigenvalue weighted by molar-refractivity contribution is -0.139. The second-order valence-corrected chi connectivity index (χ2v) is 6.91. The predicted molar refractivity (Wildman–Crippen MR) is 84.1 cm³/mol. The van der Waals surface area contributed by atoms with Gasteiger partial charge in [0.1, 0.15) is 6.04 Å². The predicted octanol–water partition coefficient (Wildman–Crippen LogP) is 2.05. The summed E-state index contributed by atoms with van der Waals surface area (Å²) in [5.41, 5.74) is 0.0221. The Hall–Kier alpha value is -1.64. The van der Waals surface area contributed by atoms with Crippen LogP contribution in [-0.2, 0) is 19.6 Å². The smallest absolute Gasteiger partial charge is 0.339 e. The number of ether oxygens (including phenoxy) is 1. The lowest BCUT2D eigenvalue weighted by atomic mass is 10.1. The van der Waals surface area contributed by atoms with E-state index in [4.69, 9.17) is 16.7 Å². The zero-order valence-corrected chi connectivity index (χ0v) is 14.3. The molecule has 2 N–H and O–H groups in total. The Morgan fingerprint density at radius 2 is 2.04 bits per heavy atom. The van der Waals surface area contributed by atoms with Gasteiger partial charge in [0.15, 0.2) is 0 Å². The third-order valence-electron chi connectivity index (χ3n) is 3.10. The molecule has 0 aliphatic carbocycles. The normalized spacial score (nSPS) is 12.7. The molecule has 0 saturated carbocycles. The van der Waals surface area contributed by atoms with Gasteiger partial charge in [0, 0.05) is 0 Å². The molecule has 128 valence electrons. The highest BCUT2D eigenvalue weighted by atomic mass is 35.5. The maximum absolute atomic E-state index is 12.3. The molecular formula is C14H18ClNO6S. The fraction of sp³-hybridized carbons (Fsp3) is 0.429. The molecule has 1 aromatic carbocycles. The van der Waals surface area contributed by atoms with Crippen molar-refractivity contribution < 1.29 is 27.9 Å². The summed E-state index contributed by atoms with van der Waals surface area (Å²) < 4.78 is 31.2. The average molecular weight is 364 g/mol. The van der Waals surface area contributed by atoms with E-state index in [1.165, 1.54) is 19.2 Å². The molecule has 0 spiro atoms. The van der Waals surface area contributed by atoms with Crippen LogP contribution < -0.4 is 4.72 Å². The average Bonchev–Trinajstić information content (AvgIpc) is 2.50. The van der Waals surface area contributed by atoms with E-state index < -0.39 is 28.0 Å². The van der Waals surface area contributed by atoms with Crippen molar-refractivity contribution in [1.82, 2.24) is 4.72 Å². The quantitative estimate of drug-likeness (QED) is 0.684. The Balaban J connectivity index is 3.06. The topological polar surface area (TPSA) is 110 Å². The zero-order chi connectivity index (χ0) is 17.6. The van der Waals surface area contributed by atoms with Gasteiger partial charge in [-0.1, -0.05) is 31.4 Å². The second-order valence-electron chi connectivity index (χ2n) is 4.79. The Labute approximate surface area is 139 Å². The Morgan fingerprint density at radius 3 is 2.52 bits per heavy atom. The monoisotopic (exact) mass is 363 g/mol. The number of unbranched alkanes of at least 4 members (excludes halogenated alkanes) is 1. The summed E-state index contributed by atoms with van der Waals surface area (Å²) in [5.74, 6) is -1.95. The van der Waals surface area contributed by atoms with Crippen molar-refractivity contribution in [3.8, 4) is 0 Å². The molecule has 0 aliphatic rings. The molecule has 1 aromatic rings. The first-order chi connectivity index (χ1) is 10.7. The molecular weight excluding hydrogens is 346 g/mol. The van der Waals surface area contributed by atoms with Crippen LogP contribution in [0.25, 0.3) is 0 Å². The van der Waals surface area contributed by atoms with Gasteiger partial charge in [-0.05, 0) is 24.6 Å². The molecule has 0 heterocycles. The van der Waals surface area contributed by atoms with Gasteiger partial charge in [0.25, 0.3) is 0 Å². The highest BCUT2D eigenvalue weighted by Gasteiger charge is 2.26. The number of hydrogen-bond acceptors (Lipinski definition) is 5. The van der Waals surface area contributed by atoms with Crippen molar-refractivity contribution in [2.45, 2.75) is 37.1 Å². The summed E-state index contributed by atoms with van der Waals surface area (Å²) in [6.07, 6.45) is 1.49. The number of carbonyl (C=O) groups is 2. The lowest BCUT2D eigenvalue weighted by Gasteiger charge is -2.15. The molecule has 23 heavy (non-hydrogen) atoms. The zero-order valence-electron chi connectivity index (χ0n) is 12.7. The molecule has 0 bridgehead atoms. The highest BCUT2D eigenvalue weighted by molar-refractivity contribution is 7.89. The molecule has 7 nitrogen and oxygen atoms in total. The maximum Gasteiger partial charge on any atom is 0.339 e. The summed E-state index contributed by atoms with van der Waals surface area (Å²) in [5, 5.41) is 9.00. The molecule has 1 atom stereocenters. The van der Waals surface area contributed by atoms with E-state index in [0.717, 1.165) is 12.5 Å². The van der Waals surface area contributed by atoms with Crippen LogP contribution in [0.2, 0.25) is 5.02 Å². The first-order valence-corrected chi connectivity index (χ1v) is 8.72. The molecule has 0 fully saturated rings. The number of nitrogens with one attached hydrogen (secondary N) is 1. The van der Waals surface area contributed by atoms with Gasteiger partial charge in [-0.15, -0.1) is 0 Å². The van der Waals surface area contributed by atoms with Crippen molar-refractivity contribution in [2.75, 3.05) is 7.11 Å². The van der Waals surface area contributed by atoms with Gasteiger partial charge in [0.05, 0.1) is 22.6 Å². The molecule has 0 amide bonds. The number of esters is 1. The Morgan fingerprint density at radius 1 is 1.39 bits per heavy atom. The third-order valence-corrected chi connectivity index (χ3v) is 4.88. The van der Waals surface area contributed by atoms with Crippen LogP contribution in [0.3, 0.4) is 0 Å². The number of carboxylic acid groups (broad SMARTS) is 1. The van der Waals surface area contributed by atoms with Crippen LogP contribution >= 0.6 is 11.6 Å². The van der Waals surface area contributed by atoms with Gasteiger partial charge in [-0.3, -0.25) is 4.79 Å². The van der Waals surface area contributed by atoms with E-state index in [1.54, 1.807) is 0 Å². The molecule has 0 aliphatic heterocycles. The summed E-state index contributed by atoms with van der Waals surface area (Å²) in [4.78, 5) is 22.4. The third kappa shape index (κ3) is 5.19. The maximum atomic E-state index is 12.3. The first-order valence-electron chi connectivity index (χ1n) is 6.86. The number of methoxy groups -OCH3 is 1. The number of halogens is 1. The lowest BCUT2D eigenvalue weighted by Crippen LogP contribution is -2.40. The van der Waals surface area contributed by atoms with Crippen molar-refractivity contribution in [1.29, 1.82) is 0 Å². The van der Waals surface area contributed by atoms with E-state index in [0.29, 0.717) is 6.42 Å². The van der Waals surface area contributed by atoms with Crippen molar-refractivity contribution >= 4 is 33.6 Å². The number of hydrogen-bond donors (Lipinski definition) is 2. The summed E-state index contributed by atoms with van der Waals surface area (Å²) in [6, 6.07) is 2.23. The van der Waals surface area contributed by atoms with Gasteiger partial charge in [-0.25, -0.2) is 13.2 Å². The van der Waals surface area contributed by atoms with Gasteiger partial charge >= 0.3 is 11.9 Å². The number of aliphatic carboxylic acids is 1. The van der Waals surface area contributed by atoms with Crippen LogP contribution in [0.1, 0.15) is 36.5 Å². The van der Waals surface area contributed by atoms with Crippen molar-refractivity contribution in [3.63, 3.8) is 0 Å². The fourth-order valence-corrected chi connectivity index (χ4v) is 3.41. The van der Waals surface area contributed by atoms with Crippen molar-refractivity contribution in [3.05, 3.63) is 28.8 Å². The molecule has 0 saturated heterocycles. The molecule has 0 radical (unpaired) electrons. The second kappa shape index (κ2) is 8.28. The van der Waals surface area contributed by atoms with E-state index in [-0.39, 0.29) is 21.9 Å². The van der Waals surface area contributed by atoms with Gasteiger partial charge in [-0.2, -0.15) is 4.72 Å². The van der Waals surface area contributed by atoms with Crippen LogP contribution in [0, 0.1) is 0 Å². The molecule has 0 aromatic heterocycles. The van der Waals surface area contributed by atoms with Gasteiger partial charge in [0.2, 0.25) is 10.0 Å². The molecule has 0 unspecified atom stereocenters. The molecule has 1 rings (SSSR count). The Bertz CT molecular complexity index is 689. The number of sulfonamides is 1. The number of rotatable bonds is 8. The minimum atomic E-state index is -4.07. The number of carbonyl (C=O) groups excluding carboxylic acids is 1. The fourth-order valence-electron chi connectivity index (χ4n) is 1.83. The van der Waals surface area contributed by atoms with E-state index in [2.05, 4.69) is 9.46 Å². The van der Waals surface area contributed by atoms with E-state index >= 15 is 0 Å².